The third-order valence-corrected chi connectivity index (χ3v) is 2.88. The number of hydrogen-bond donors (Lipinski definition) is 1. The van der Waals surface area contributed by atoms with Crippen molar-refractivity contribution in [2.45, 2.75) is 22.4 Å². The monoisotopic (exact) mass is 195 g/mol. The smallest absolute Gasteiger partial charge is 0.0343 e. The van der Waals surface area contributed by atoms with Crippen molar-refractivity contribution >= 4 is 22.6 Å². The summed E-state index contributed by atoms with van der Waals surface area (Å²) in [6.45, 7) is 0. The summed E-state index contributed by atoms with van der Waals surface area (Å²) in [4.78, 5) is 0. The molecule has 0 aromatic carbocycles. The second-order valence-corrected chi connectivity index (χ2v) is 3.65. The van der Waals surface area contributed by atoms with Crippen LogP contribution in [0.15, 0.2) is 0 Å². The Balaban J connectivity index is 2.08. The van der Waals surface area contributed by atoms with Gasteiger partial charge in [-0.1, -0.05) is 22.6 Å². The van der Waals surface area contributed by atoms with Crippen molar-refractivity contribution in [3.05, 3.63) is 0 Å². The van der Waals surface area contributed by atoms with Gasteiger partial charge in [0.2, 0.25) is 0 Å². The molecule has 0 amide bonds. The van der Waals surface area contributed by atoms with Gasteiger partial charge in [0, 0.05) is 16.0 Å². The summed E-state index contributed by atoms with van der Waals surface area (Å²) >= 11 is 2.50. The van der Waals surface area contributed by atoms with Gasteiger partial charge in [-0.15, -0.1) is 0 Å². The maximum absolute atomic E-state index is 3.35. The van der Waals surface area contributed by atoms with Crippen molar-refractivity contribution in [3.63, 3.8) is 0 Å². The summed E-state index contributed by atoms with van der Waals surface area (Å²) < 4.78 is 0.965. The molecule has 0 spiro atoms. The second-order valence-electron chi connectivity index (χ2n) is 2.05. The molecule has 0 bridgehead atoms. The van der Waals surface area contributed by atoms with Gasteiger partial charge in [-0.05, 0) is 6.42 Å². The predicted molar refractivity (Wildman–Crippen MR) is 33.1 cm³/mol. The molecule has 2 rings (SSSR count). The van der Waals surface area contributed by atoms with Gasteiger partial charge in [0.1, 0.15) is 0 Å². The van der Waals surface area contributed by atoms with Gasteiger partial charge in [-0.2, -0.15) is 0 Å². The highest BCUT2D eigenvalue weighted by atomic mass is 127. The maximum Gasteiger partial charge on any atom is 0.0343 e. The van der Waals surface area contributed by atoms with Crippen LogP contribution in [0.4, 0.5) is 0 Å². The third-order valence-electron chi connectivity index (χ3n) is 1.60. The van der Waals surface area contributed by atoms with E-state index in [9.17, 15) is 0 Å². The zero-order valence-electron chi connectivity index (χ0n) is 3.32. The lowest BCUT2D eigenvalue weighted by molar-refractivity contribution is 0.652. The first-order chi connectivity index (χ1) is 2.88. The third kappa shape index (κ3) is 0.296. The Morgan fingerprint density at radius 2 is 2.50 bits per heavy atom. The van der Waals surface area contributed by atoms with Crippen LogP contribution >= 0.6 is 22.6 Å². The van der Waals surface area contributed by atoms with E-state index in [4.69, 9.17) is 0 Å². The molecule has 34 valence electrons. The van der Waals surface area contributed by atoms with Crippen LogP contribution in [-0.2, 0) is 0 Å². The van der Waals surface area contributed by atoms with Gasteiger partial charge in [-0.3, -0.25) is 0 Å². The van der Waals surface area contributed by atoms with Gasteiger partial charge in [0.05, 0.1) is 0 Å². The molecule has 1 nitrogen and oxygen atoms in total. The number of fused-ring (bicyclic) bond motifs is 1. The van der Waals surface area contributed by atoms with Gasteiger partial charge in [0.15, 0.2) is 0 Å². The normalized spacial score (nSPS) is 62.5. The van der Waals surface area contributed by atoms with Crippen LogP contribution in [0.3, 0.4) is 0 Å². The number of nitrogens with one attached hydrogen (secondary N) is 1. The standard InChI is InChI=1S/C4H6IN/c5-2-1-3-4(2)6-3/h2-4,6H,1H2. The summed E-state index contributed by atoms with van der Waals surface area (Å²) in [6, 6.07) is 1.89. The molecule has 1 N–H and O–H groups in total. The van der Waals surface area contributed by atoms with Crippen LogP contribution in [0.5, 0.6) is 0 Å². The number of rotatable bonds is 0. The van der Waals surface area contributed by atoms with E-state index in [-0.39, 0.29) is 0 Å². The highest BCUT2D eigenvalue weighted by molar-refractivity contribution is 14.1. The first kappa shape index (κ1) is 3.66. The van der Waals surface area contributed by atoms with Crippen molar-refractivity contribution < 1.29 is 0 Å². The van der Waals surface area contributed by atoms with E-state index in [0.717, 1.165) is 16.0 Å². The van der Waals surface area contributed by atoms with E-state index in [1.807, 2.05) is 0 Å². The fourth-order valence-corrected chi connectivity index (χ4v) is 2.21. The van der Waals surface area contributed by atoms with Gasteiger partial charge >= 0.3 is 0 Å². The Morgan fingerprint density at radius 3 is 2.50 bits per heavy atom. The Bertz CT molecular complexity index is 83.6. The zero-order valence-corrected chi connectivity index (χ0v) is 5.47. The molecule has 1 saturated heterocycles. The molecule has 0 radical (unpaired) electrons. The minimum Gasteiger partial charge on any atom is -0.307 e. The summed E-state index contributed by atoms with van der Waals surface area (Å²) in [5.74, 6) is 0. The number of alkyl halides is 1. The summed E-state index contributed by atoms with van der Waals surface area (Å²) in [5, 5.41) is 3.35. The van der Waals surface area contributed by atoms with Gasteiger partial charge < -0.3 is 5.32 Å². The van der Waals surface area contributed by atoms with Crippen LogP contribution in [-0.4, -0.2) is 16.0 Å². The van der Waals surface area contributed by atoms with Crippen molar-refractivity contribution in [1.82, 2.24) is 5.32 Å². The molecule has 0 aromatic heterocycles. The molecular weight excluding hydrogens is 189 g/mol. The van der Waals surface area contributed by atoms with E-state index in [1.54, 1.807) is 0 Å². The zero-order chi connectivity index (χ0) is 4.15. The lowest BCUT2D eigenvalue weighted by atomic mass is 10.0. The average molecular weight is 195 g/mol. The Hall–Kier alpha value is 0.690. The quantitative estimate of drug-likeness (QED) is 0.340. The highest BCUT2D eigenvalue weighted by Gasteiger charge is 2.51. The molecule has 0 aromatic rings. The van der Waals surface area contributed by atoms with E-state index < -0.39 is 0 Å². The molecule has 3 atom stereocenters. The summed E-state index contributed by atoms with van der Waals surface area (Å²) in [6.07, 6.45) is 1.42. The number of hydrogen-bond acceptors (Lipinski definition) is 1. The Kier molecular flexibility index (Phi) is 0.559. The topological polar surface area (TPSA) is 21.9 Å². The first-order valence-corrected chi connectivity index (χ1v) is 3.52. The minimum absolute atomic E-state index is 0.936. The molecule has 1 aliphatic heterocycles. The average Bonchev–Trinajstić information content (AvgIpc) is 2.12. The van der Waals surface area contributed by atoms with Crippen LogP contribution in [0.1, 0.15) is 6.42 Å². The van der Waals surface area contributed by atoms with E-state index in [2.05, 4.69) is 27.9 Å². The van der Waals surface area contributed by atoms with Crippen molar-refractivity contribution in [2.24, 2.45) is 0 Å². The molecule has 1 saturated carbocycles. The maximum atomic E-state index is 3.35. The highest BCUT2D eigenvalue weighted by Crippen LogP contribution is 2.38. The second kappa shape index (κ2) is 0.916. The molecule has 3 unspecified atom stereocenters. The molecule has 1 heterocycles. The van der Waals surface area contributed by atoms with Crippen molar-refractivity contribution in [2.75, 3.05) is 0 Å². The van der Waals surface area contributed by atoms with E-state index >= 15 is 0 Å². The molecule has 2 aliphatic rings. The molecule has 1 aliphatic carbocycles. The molecule has 2 fully saturated rings. The Labute approximate surface area is 50.6 Å². The van der Waals surface area contributed by atoms with Crippen LogP contribution in [0.2, 0.25) is 0 Å². The van der Waals surface area contributed by atoms with Gasteiger partial charge in [0.25, 0.3) is 0 Å². The minimum atomic E-state index is 0.936. The van der Waals surface area contributed by atoms with Crippen LogP contribution in [0.25, 0.3) is 0 Å². The summed E-state index contributed by atoms with van der Waals surface area (Å²) in [5.41, 5.74) is 0. The Morgan fingerprint density at radius 1 is 1.67 bits per heavy atom. The largest absolute Gasteiger partial charge is 0.307 e. The predicted octanol–water partition coefficient (Wildman–Crippen LogP) is 0.534. The van der Waals surface area contributed by atoms with Crippen molar-refractivity contribution in [1.29, 1.82) is 0 Å². The van der Waals surface area contributed by atoms with E-state index in [0.29, 0.717) is 0 Å². The van der Waals surface area contributed by atoms with Crippen LogP contribution in [0, 0.1) is 0 Å². The summed E-state index contributed by atoms with van der Waals surface area (Å²) in [7, 11) is 0. The molecule has 2 heteroatoms. The lowest BCUT2D eigenvalue weighted by Gasteiger charge is -2.12. The fraction of sp³-hybridized carbons (Fsp3) is 1.00. The van der Waals surface area contributed by atoms with Crippen molar-refractivity contribution in [3.8, 4) is 0 Å². The lowest BCUT2D eigenvalue weighted by Crippen LogP contribution is -2.22. The molecule has 6 heavy (non-hydrogen) atoms. The van der Waals surface area contributed by atoms with E-state index in [1.165, 1.54) is 6.42 Å². The van der Waals surface area contributed by atoms with Gasteiger partial charge in [-0.25, -0.2) is 0 Å². The number of halogens is 1. The molecular formula is C4H6IN. The first-order valence-electron chi connectivity index (χ1n) is 2.28. The SMILES string of the molecule is IC1CC2NC12. The van der Waals surface area contributed by atoms with Crippen LogP contribution < -0.4 is 5.32 Å². The fourth-order valence-electron chi connectivity index (χ4n) is 0.956.